The van der Waals surface area contributed by atoms with Crippen LogP contribution in [0.25, 0.3) is 6.08 Å². The van der Waals surface area contributed by atoms with Crippen molar-refractivity contribution < 1.29 is 19.4 Å². The molecule has 32 heavy (non-hydrogen) atoms. The number of methoxy groups -OCH3 is 2. The lowest BCUT2D eigenvalue weighted by Gasteiger charge is -2.07. The van der Waals surface area contributed by atoms with Gasteiger partial charge in [-0.2, -0.15) is 5.11 Å². The van der Waals surface area contributed by atoms with Gasteiger partial charge in [-0.1, -0.05) is 24.3 Å². The number of carboxylic acids is 1. The Morgan fingerprint density at radius 3 is 2.25 bits per heavy atom. The number of hydrogen-bond acceptors (Lipinski definition) is 8. The number of pyridine rings is 1. The summed E-state index contributed by atoms with van der Waals surface area (Å²) in [6.45, 7) is 0. The number of carbonyl (C=O) groups is 1. The Balaban J connectivity index is 0.000000311. The van der Waals surface area contributed by atoms with Gasteiger partial charge in [0, 0.05) is 6.08 Å². The van der Waals surface area contributed by atoms with E-state index in [0.717, 1.165) is 17.3 Å². The maximum absolute atomic E-state index is 10.3. The summed E-state index contributed by atoms with van der Waals surface area (Å²) in [7, 11) is 3.08. The molecule has 0 spiro atoms. The van der Waals surface area contributed by atoms with Gasteiger partial charge >= 0.3 is 5.97 Å². The van der Waals surface area contributed by atoms with Crippen LogP contribution in [0.15, 0.2) is 77.0 Å². The van der Waals surface area contributed by atoms with E-state index in [1.165, 1.54) is 13.2 Å². The lowest BCUT2D eigenvalue weighted by atomic mass is 10.2. The number of aliphatic carboxylic acids is 1. The molecule has 0 radical (unpaired) electrons. The normalized spacial score (nSPS) is 10.2. The minimum atomic E-state index is -0.982. The predicted molar refractivity (Wildman–Crippen MR) is 127 cm³/mol. The molecule has 0 saturated carbocycles. The highest BCUT2D eigenvalue weighted by atomic mass is 35.5. The quantitative estimate of drug-likeness (QED) is 0.353. The molecule has 0 aliphatic heterocycles. The second kappa shape index (κ2) is 13.2. The van der Waals surface area contributed by atoms with Gasteiger partial charge < -0.3 is 26.0 Å². The van der Waals surface area contributed by atoms with E-state index in [1.54, 1.807) is 37.4 Å². The maximum atomic E-state index is 10.3. The van der Waals surface area contributed by atoms with Gasteiger partial charge in [-0.05, 0) is 48.0 Å². The van der Waals surface area contributed by atoms with Gasteiger partial charge in [-0.15, -0.1) is 17.5 Å². The SMILES string of the molecule is COc1ccc(C=CC(=O)O)cc1OC.Cl.Nc1ccc(N=Nc2ccccc2)c(N)n1. The number of azo groups is 1. The van der Waals surface area contributed by atoms with Gasteiger partial charge in [-0.25, -0.2) is 9.78 Å². The van der Waals surface area contributed by atoms with Crippen LogP contribution >= 0.6 is 12.4 Å². The highest BCUT2D eigenvalue weighted by Crippen LogP contribution is 2.28. The molecule has 0 aliphatic carbocycles. The van der Waals surface area contributed by atoms with Crippen LogP contribution in [0.1, 0.15) is 5.56 Å². The summed E-state index contributed by atoms with van der Waals surface area (Å²) in [5.41, 5.74) is 13.1. The fraction of sp³-hybridized carbons (Fsp3) is 0.0909. The van der Waals surface area contributed by atoms with Gasteiger partial charge in [0.05, 0.1) is 19.9 Å². The number of nitrogens with two attached hydrogens (primary N) is 2. The first-order chi connectivity index (χ1) is 14.9. The number of ether oxygens (including phenoxy) is 2. The van der Waals surface area contributed by atoms with Gasteiger partial charge in [-0.3, -0.25) is 0 Å². The molecule has 1 aromatic heterocycles. The molecule has 10 heteroatoms. The number of halogens is 1. The number of rotatable bonds is 6. The van der Waals surface area contributed by atoms with Crippen molar-refractivity contribution >= 4 is 47.5 Å². The molecule has 0 bridgehead atoms. The number of aromatic nitrogens is 1. The Morgan fingerprint density at radius 1 is 0.969 bits per heavy atom. The molecule has 0 unspecified atom stereocenters. The van der Waals surface area contributed by atoms with E-state index >= 15 is 0 Å². The lowest BCUT2D eigenvalue weighted by molar-refractivity contribution is -0.131. The first-order valence-electron chi connectivity index (χ1n) is 9.04. The van der Waals surface area contributed by atoms with Gasteiger partial charge in [0.25, 0.3) is 0 Å². The molecule has 0 saturated heterocycles. The Hall–Kier alpha value is -4.11. The van der Waals surface area contributed by atoms with E-state index < -0.39 is 5.97 Å². The minimum Gasteiger partial charge on any atom is -0.493 e. The van der Waals surface area contributed by atoms with Crippen LogP contribution in [-0.2, 0) is 4.79 Å². The Morgan fingerprint density at radius 2 is 1.66 bits per heavy atom. The predicted octanol–water partition coefficient (Wildman–Crippen LogP) is 4.88. The summed E-state index contributed by atoms with van der Waals surface area (Å²) >= 11 is 0. The standard InChI is InChI=1S/C11H11N5.C11H12O4.ClH/c12-10-7-6-9(11(13)14-10)16-15-8-4-2-1-3-5-8;1-14-9-5-3-8(4-6-11(12)13)7-10(9)15-2;/h1-7H,(H4,12,13,14);3-7H,1-2H3,(H,12,13);1H. The molecular formula is C22H24ClN5O4. The highest BCUT2D eigenvalue weighted by Gasteiger charge is 2.02. The van der Waals surface area contributed by atoms with Gasteiger partial charge in [0.1, 0.15) is 11.5 Å². The third kappa shape index (κ3) is 8.33. The van der Waals surface area contributed by atoms with Crippen LogP contribution in [0.4, 0.5) is 23.0 Å². The smallest absolute Gasteiger partial charge is 0.328 e. The molecule has 9 nitrogen and oxygen atoms in total. The number of anilines is 2. The molecule has 5 N–H and O–H groups in total. The summed E-state index contributed by atoms with van der Waals surface area (Å²) in [6, 6.07) is 17.9. The first kappa shape index (κ1) is 25.9. The average molecular weight is 458 g/mol. The molecule has 0 aliphatic rings. The Labute approximate surface area is 191 Å². The van der Waals surface area contributed by atoms with E-state index in [1.807, 2.05) is 30.3 Å². The van der Waals surface area contributed by atoms with Crippen LogP contribution in [0.2, 0.25) is 0 Å². The van der Waals surface area contributed by atoms with Crippen molar-refractivity contribution in [3.8, 4) is 11.5 Å². The van der Waals surface area contributed by atoms with Crippen LogP contribution in [0.5, 0.6) is 11.5 Å². The number of benzene rings is 2. The number of carboxylic acid groups (broad SMARTS) is 1. The fourth-order valence-electron chi connectivity index (χ4n) is 2.30. The summed E-state index contributed by atoms with van der Waals surface area (Å²) in [5, 5.41) is 16.5. The molecule has 0 fully saturated rings. The zero-order chi connectivity index (χ0) is 22.6. The van der Waals surface area contributed by atoms with E-state index in [0.29, 0.717) is 23.0 Å². The maximum Gasteiger partial charge on any atom is 0.328 e. The summed E-state index contributed by atoms with van der Waals surface area (Å²) in [4.78, 5) is 14.2. The van der Waals surface area contributed by atoms with Crippen LogP contribution in [0, 0.1) is 0 Å². The van der Waals surface area contributed by atoms with Crippen molar-refractivity contribution in [2.75, 3.05) is 25.7 Å². The monoisotopic (exact) mass is 457 g/mol. The van der Waals surface area contributed by atoms with Gasteiger partial charge in [0.15, 0.2) is 17.3 Å². The third-order valence-electron chi connectivity index (χ3n) is 3.78. The van der Waals surface area contributed by atoms with E-state index in [2.05, 4.69) is 15.2 Å². The molecule has 3 aromatic rings. The van der Waals surface area contributed by atoms with Crippen molar-refractivity contribution in [1.29, 1.82) is 0 Å². The Kier molecular flexibility index (Phi) is 10.7. The van der Waals surface area contributed by atoms with Crippen molar-refractivity contribution in [3.05, 3.63) is 72.3 Å². The topological polar surface area (TPSA) is 145 Å². The van der Waals surface area contributed by atoms with Crippen LogP contribution in [-0.4, -0.2) is 30.3 Å². The van der Waals surface area contributed by atoms with Crippen LogP contribution in [0.3, 0.4) is 0 Å². The molecule has 0 amide bonds. The second-order valence-corrected chi connectivity index (χ2v) is 5.96. The van der Waals surface area contributed by atoms with Crippen molar-refractivity contribution in [3.63, 3.8) is 0 Å². The molecule has 2 aromatic carbocycles. The average Bonchev–Trinajstić information content (AvgIpc) is 2.78. The Bertz CT molecular complexity index is 1080. The van der Waals surface area contributed by atoms with E-state index in [9.17, 15) is 4.79 Å². The molecule has 1 heterocycles. The third-order valence-corrected chi connectivity index (χ3v) is 3.78. The molecule has 0 atom stereocenters. The zero-order valence-electron chi connectivity index (χ0n) is 17.5. The summed E-state index contributed by atoms with van der Waals surface area (Å²) < 4.78 is 10.1. The zero-order valence-corrected chi connectivity index (χ0v) is 18.3. The lowest BCUT2D eigenvalue weighted by Crippen LogP contribution is -1.95. The molecule has 3 rings (SSSR count). The van der Waals surface area contributed by atoms with E-state index in [-0.39, 0.29) is 18.2 Å². The fourth-order valence-corrected chi connectivity index (χ4v) is 2.30. The van der Waals surface area contributed by atoms with Crippen molar-refractivity contribution in [2.45, 2.75) is 0 Å². The number of nitrogens with zero attached hydrogens (tertiary/aromatic N) is 3. The number of nitrogen functional groups attached to an aromatic ring is 2. The largest absolute Gasteiger partial charge is 0.493 e. The molecular weight excluding hydrogens is 434 g/mol. The van der Waals surface area contributed by atoms with Crippen molar-refractivity contribution in [2.24, 2.45) is 10.2 Å². The van der Waals surface area contributed by atoms with Crippen molar-refractivity contribution in [1.82, 2.24) is 4.98 Å². The number of hydrogen-bond donors (Lipinski definition) is 3. The summed E-state index contributed by atoms with van der Waals surface area (Å²) in [5.74, 6) is 0.857. The van der Waals surface area contributed by atoms with Gasteiger partial charge in [0.2, 0.25) is 0 Å². The minimum absolute atomic E-state index is 0. The summed E-state index contributed by atoms with van der Waals surface area (Å²) in [6.07, 6.45) is 2.56. The second-order valence-electron chi connectivity index (χ2n) is 5.96. The highest BCUT2D eigenvalue weighted by molar-refractivity contribution is 5.85. The molecule has 168 valence electrons. The van der Waals surface area contributed by atoms with E-state index in [4.69, 9.17) is 26.0 Å². The van der Waals surface area contributed by atoms with Crippen LogP contribution < -0.4 is 20.9 Å². The first-order valence-corrected chi connectivity index (χ1v) is 9.04.